The maximum Gasteiger partial charge on any atom is 0.322 e. The van der Waals surface area contributed by atoms with Gasteiger partial charge in [0.05, 0.1) is 18.9 Å². The van der Waals surface area contributed by atoms with Gasteiger partial charge in [-0.2, -0.15) is 0 Å². The van der Waals surface area contributed by atoms with Gasteiger partial charge in [0.25, 0.3) is 0 Å². The highest BCUT2D eigenvalue weighted by Crippen LogP contribution is 2.24. The molecule has 6 heteroatoms. The lowest BCUT2D eigenvalue weighted by molar-refractivity contribution is 0.0930. The Labute approximate surface area is 157 Å². The Kier molecular flexibility index (Phi) is 6.09. The van der Waals surface area contributed by atoms with Crippen LogP contribution in [0.4, 0.5) is 10.5 Å². The first-order valence-electron chi connectivity index (χ1n) is 8.40. The predicted molar refractivity (Wildman–Crippen MR) is 103 cm³/mol. The highest BCUT2D eigenvalue weighted by molar-refractivity contribution is 7.10. The van der Waals surface area contributed by atoms with Crippen LogP contribution in [0.2, 0.25) is 0 Å². The number of carbonyl (C=O) groups excluding carboxylic acids is 1. The number of amides is 2. The van der Waals surface area contributed by atoms with Crippen LogP contribution in [0.5, 0.6) is 0 Å². The van der Waals surface area contributed by atoms with Gasteiger partial charge in [0, 0.05) is 17.6 Å². The standard InChI is InChI=1S/C20H22N2O3S/c1-15(19-9-5-11-26-19)22(2)20(23)21-17-7-3-6-16(12-17)13-24-14-18-8-4-10-25-18/h3-12,15H,13-14H2,1-2H3,(H,21,23)/t15-/m0/s1. The number of benzene rings is 1. The Morgan fingerprint density at radius 2 is 2.12 bits per heavy atom. The van der Waals surface area contributed by atoms with Crippen LogP contribution in [-0.4, -0.2) is 18.0 Å². The zero-order chi connectivity index (χ0) is 18.4. The number of carbonyl (C=O) groups is 1. The van der Waals surface area contributed by atoms with E-state index >= 15 is 0 Å². The number of furan rings is 1. The summed E-state index contributed by atoms with van der Waals surface area (Å²) in [6.07, 6.45) is 1.63. The average molecular weight is 370 g/mol. The third kappa shape index (κ3) is 4.74. The lowest BCUT2D eigenvalue weighted by Gasteiger charge is -2.24. The number of urea groups is 1. The summed E-state index contributed by atoms with van der Waals surface area (Å²) in [4.78, 5) is 15.4. The molecule has 3 rings (SSSR count). The van der Waals surface area contributed by atoms with Gasteiger partial charge in [0.2, 0.25) is 0 Å². The molecule has 1 N–H and O–H groups in total. The van der Waals surface area contributed by atoms with Gasteiger partial charge >= 0.3 is 6.03 Å². The monoisotopic (exact) mass is 370 g/mol. The minimum Gasteiger partial charge on any atom is -0.467 e. The van der Waals surface area contributed by atoms with Crippen LogP contribution in [0.3, 0.4) is 0 Å². The smallest absolute Gasteiger partial charge is 0.322 e. The van der Waals surface area contributed by atoms with Crippen molar-refractivity contribution in [3.05, 3.63) is 76.4 Å². The van der Waals surface area contributed by atoms with Crippen LogP contribution in [0.15, 0.2) is 64.6 Å². The predicted octanol–water partition coefficient (Wildman–Crippen LogP) is 5.28. The van der Waals surface area contributed by atoms with Gasteiger partial charge in [0.1, 0.15) is 12.4 Å². The highest BCUT2D eigenvalue weighted by atomic mass is 32.1. The van der Waals surface area contributed by atoms with Crippen LogP contribution >= 0.6 is 11.3 Å². The summed E-state index contributed by atoms with van der Waals surface area (Å²) >= 11 is 1.65. The molecule has 3 aromatic rings. The Morgan fingerprint density at radius 1 is 1.23 bits per heavy atom. The molecule has 0 saturated carbocycles. The van der Waals surface area contributed by atoms with Crippen molar-refractivity contribution in [1.82, 2.24) is 4.90 Å². The molecule has 0 aliphatic heterocycles. The molecule has 2 heterocycles. The van der Waals surface area contributed by atoms with Crippen molar-refractivity contribution in [2.45, 2.75) is 26.2 Å². The topological polar surface area (TPSA) is 54.7 Å². The molecule has 136 valence electrons. The van der Waals surface area contributed by atoms with Gasteiger partial charge in [-0.15, -0.1) is 11.3 Å². The van der Waals surface area contributed by atoms with Gasteiger partial charge in [-0.25, -0.2) is 4.79 Å². The molecule has 5 nitrogen and oxygen atoms in total. The molecule has 0 radical (unpaired) electrons. The van der Waals surface area contributed by atoms with Crippen LogP contribution < -0.4 is 5.32 Å². The van der Waals surface area contributed by atoms with Crippen molar-refractivity contribution in [2.75, 3.05) is 12.4 Å². The maximum absolute atomic E-state index is 12.5. The van der Waals surface area contributed by atoms with E-state index < -0.39 is 0 Å². The Balaban J connectivity index is 1.54. The van der Waals surface area contributed by atoms with E-state index in [1.807, 2.05) is 60.8 Å². The van der Waals surface area contributed by atoms with Crippen molar-refractivity contribution in [3.63, 3.8) is 0 Å². The number of hydrogen-bond acceptors (Lipinski definition) is 4. The van der Waals surface area contributed by atoms with Gasteiger partial charge in [-0.05, 0) is 48.2 Å². The molecule has 0 aliphatic carbocycles. The SMILES string of the molecule is C[C@@H](c1cccs1)N(C)C(=O)Nc1cccc(COCc2ccco2)c1. The molecule has 0 unspecified atom stereocenters. The van der Waals surface area contributed by atoms with E-state index in [2.05, 4.69) is 5.32 Å². The fourth-order valence-corrected chi connectivity index (χ4v) is 3.34. The summed E-state index contributed by atoms with van der Waals surface area (Å²) in [6.45, 7) is 2.89. The zero-order valence-corrected chi connectivity index (χ0v) is 15.7. The first-order chi connectivity index (χ1) is 12.6. The first-order valence-corrected chi connectivity index (χ1v) is 9.27. The molecular weight excluding hydrogens is 348 g/mol. The van der Waals surface area contributed by atoms with Crippen LogP contribution in [0.25, 0.3) is 0 Å². The number of rotatable bonds is 7. The summed E-state index contributed by atoms with van der Waals surface area (Å²) in [6, 6.07) is 15.3. The van der Waals surface area contributed by atoms with Crippen LogP contribution in [0, 0.1) is 0 Å². The van der Waals surface area contributed by atoms with Gasteiger partial charge in [0.15, 0.2) is 0 Å². The number of nitrogens with zero attached hydrogens (tertiary/aromatic N) is 1. The lowest BCUT2D eigenvalue weighted by atomic mass is 10.2. The van der Waals surface area contributed by atoms with E-state index in [1.54, 1.807) is 29.5 Å². The number of ether oxygens (including phenoxy) is 1. The third-order valence-electron chi connectivity index (χ3n) is 4.13. The fraction of sp³-hybridized carbons (Fsp3) is 0.250. The van der Waals surface area contributed by atoms with E-state index in [9.17, 15) is 4.79 Å². The summed E-state index contributed by atoms with van der Waals surface area (Å²) in [5, 5.41) is 4.96. The van der Waals surface area contributed by atoms with E-state index in [4.69, 9.17) is 9.15 Å². The number of anilines is 1. The molecule has 26 heavy (non-hydrogen) atoms. The van der Waals surface area contributed by atoms with E-state index in [1.165, 1.54) is 0 Å². The average Bonchev–Trinajstić information content (AvgIpc) is 3.34. The second-order valence-electron chi connectivity index (χ2n) is 6.00. The Bertz CT molecular complexity index is 815. The summed E-state index contributed by atoms with van der Waals surface area (Å²) in [7, 11) is 1.80. The number of hydrogen-bond donors (Lipinski definition) is 1. The number of thiophene rings is 1. The zero-order valence-electron chi connectivity index (χ0n) is 14.8. The highest BCUT2D eigenvalue weighted by Gasteiger charge is 2.18. The largest absolute Gasteiger partial charge is 0.467 e. The first kappa shape index (κ1) is 18.2. The second kappa shape index (κ2) is 8.69. The minimum atomic E-state index is -0.139. The molecule has 0 saturated heterocycles. The quantitative estimate of drug-likeness (QED) is 0.615. The molecule has 2 amide bonds. The minimum absolute atomic E-state index is 0.0230. The fourth-order valence-electron chi connectivity index (χ4n) is 2.51. The summed E-state index contributed by atoms with van der Waals surface area (Å²) in [5.41, 5.74) is 1.74. The molecule has 1 aromatic carbocycles. The molecule has 0 aliphatic rings. The van der Waals surface area contributed by atoms with E-state index in [0.717, 1.165) is 21.9 Å². The van der Waals surface area contributed by atoms with Gasteiger partial charge < -0.3 is 19.4 Å². The summed E-state index contributed by atoms with van der Waals surface area (Å²) < 4.78 is 10.9. The van der Waals surface area contributed by atoms with Crippen molar-refractivity contribution in [2.24, 2.45) is 0 Å². The Morgan fingerprint density at radius 3 is 2.85 bits per heavy atom. The second-order valence-corrected chi connectivity index (χ2v) is 6.98. The maximum atomic E-state index is 12.5. The van der Waals surface area contributed by atoms with Gasteiger partial charge in [-0.1, -0.05) is 18.2 Å². The van der Waals surface area contributed by atoms with Crippen LogP contribution in [-0.2, 0) is 18.0 Å². The summed E-state index contributed by atoms with van der Waals surface area (Å²) in [5.74, 6) is 0.790. The third-order valence-corrected chi connectivity index (χ3v) is 5.17. The molecule has 0 bridgehead atoms. The molecular formula is C20H22N2O3S. The normalized spacial score (nSPS) is 11.9. The Hall–Kier alpha value is -2.57. The van der Waals surface area contributed by atoms with Crippen molar-refractivity contribution >= 4 is 23.1 Å². The lowest BCUT2D eigenvalue weighted by Crippen LogP contribution is -2.33. The van der Waals surface area contributed by atoms with Crippen LogP contribution in [0.1, 0.15) is 29.2 Å². The van der Waals surface area contributed by atoms with Crippen molar-refractivity contribution in [1.29, 1.82) is 0 Å². The molecule has 0 fully saturated rings. The van der Waals surface area contributed by atoms with Crippen molar-refractivity contribution < 1.29 is 13.9 Å². The molecule has 2 aromatic heterocycles. The number of nitrogens with one attached hydrogen (secondary N) is 1. The van der Waals surface area contributed by atoms with E-state index in [-0.39, 0.29) is 12.1 Å². The molecule has 1 atom stereocenters. The molecule has 0 spiro atoms. The van der Waals surface area contributed by atoms with Gasteiger partial charge in [-0.3, -0.25) is 0 Å². The van der Waals surface area contributed by atoms with Crippen molar-refractivity contribution in [3.8, 4) is 0 Å². The van der Waals surface area contributed by atoms with E-state index in [0.29, 0.717) is 13.2 Å².